The van der Waals surface area contributed by atoms with Crippen LogP contribution in [0.4, 0.5) is 0 Å². The Kier molecular flexibility index (Phi) is 10.7. The van der Waals surface area contributed by atoms with Gasteiger partial charge in [0.05, 0.1) is 0 Å². The van der Waals surface area contributed by atoms with Crippen LogP contribution in [0.3, 0.4) is 0 Å². The number of aliphatic imine (C=N–C) groups is 1. The molecule has 158 valence electrons. The third-order valence-electron chi connectivity index (χ3n) is 4.81. The molecule has 0 aliphatic heterocycles. The Hall–Kier alpha value is -2.09. The van der Waals surface area contributed by atoms with E-state index in [1.165, 1.54) is 5.56 Å². The molecule has 0 saturated carbocycles. The van der Waals surface area contributed by atoms with Gasteiger partial charge in [0.25, 0.3) is 5.91 Å². The van der Waals surface area contributed by atoms with Crippen LogP contribution in [-0.2, 0) is 6.54 Å². The molecule has 1 unspecified atom stereocenters. The van der Waals surface area contributed by atoms with Crippen LogP contribution in [0.2, 0.25) is 0 Å². The first-order chi connectivity index (χ1) is 13.4. The Bertz CT molecular complexity index is 773. The van der Waals surface area contributed by atoms with Crippen molar-refractivity contribution in [2.24, 2.45) is 10.9 Å². The first kappa shape index (κ1) is 24.9. The van der Waals surface area contributed by atoms with E-state index in [0.717, 1.165) is 18.1 Å². The van der Waals surface area contributed by atoms with Crippen LogP contribution in [-0.4, -0.2) is 44.5 Å². The average molecular weight is 508 g/mol. The average Bonchev–Trinajstić information content (AvgIpc) is 2.70. The zero-order valence-corrected chi connectivity index (χ0v) is 20.3. The number of hydrogen-bond donors (Lipinski definition) is 2. The van der Waals surface area contributed by atoms with E-state index in [-0.39, 0.29) is 29.9 Å². The smallest absolute Gasteiger partial charge is 0.253 e. The van der Waals surface area contributed by atoms with Gasteiger partial charge < -0.3 is 15.5 Å². The highest BCUT2D eigenvalue weighted by Gasteiger charge is 2.16. The number of nitrogens with zero attached hydrogens (tertiary/aromatic N) is 2. The third kappa shape index (κ3) is 7.68. The summed E-state index contributed by atoms with van der Waals surface area (Å²) < 4.78 is 0. The van der Waals surface area contributed by atoms with Crippen molar-refractivity contribution in [2.75, 3.05) is 27.7 Å². The van der Waals surface area contributed by atoms with Crippen molar-refractivity contribution in [3.05, 3.63) is 71.3 Å². The van der Waals surface area contributed by atoms with Gasteiger partial charge in [-0.15, -0.1) is 24.0 Å². The highest BCUT2D eigenvalue weighted by molar-refractivity contribution is 14.0. The Balaban J connectivity index is 0.00000420. The van der Waals surface area contributed by atoms with Crippen molar-refractivity contribution in [3.8, 4) is 0 Å². The molecule has 6 heteroatoms. The second kappa shape index (κ2) is 12.5. The predicted octanol–water partition coefficient (Wildman–Crippen LogP) is 4.11. The van der Waals surface area contributed by atoms with Crippen molar-refractivity contribution in [3.63, 3.8) is 0 Å². The van der Waals surface area contributed by atoms with Gasteiger partial charge in [-0.05, 0) is 29.2 Å². The molecular formula is C23H33IN4O. The van der Waals surface area contributed by atoms with E-state index < -0.39 is 0 Å². The summed E-state index contributed by atoms with van der Waals surface area (Å²) in [7, 11) is 5.29. The second-order valence-electron chi connectivity index (χ2n) is 7.46. The number of nitrogens with one attached hydrogen (secondary N) is 2. The maximum atomic E-state index is 12.0. The van der Waals surface area contributed by atoms with Gasteiger partial charge in [-0.3, -0.25) is 9.79 Å². The van der Waals surface area contributed by atoms with E-state index in [4.69, 9.17) is 0 Å². The van der Waals surface area contributed by atoms with Crippen LogP contribution >= 0.6 is 24.0 Å². The number of rotatable bonds is 7. The Morgan fingerprint density at radius 1 is 1.00 bits per heavy atom. The lowest BCUT2D eigenvalue weighted by atomic mass is 9.88. The zero-order valence-electron chi connectivity index (χ0n) is 18.0. The SMILES string of the molecule is CN=C(NCc1ccc(C(=O)N(C)C)cc1)NCC(c1ccccc1)C(C)C.I. The van der Waals surface area contributed by atoms with Gasteiger partial charge in [0, 0.05) is 45.7 Å². The Morgan fingerprint density at radius 3 is 2.14 bits per heavy atom. The van der Waals surface area contributed by atoms with Crippen LogP contribution < -0.4 is 10.6 Å². The van der Waals surface area contributed by atoms with Crippen molar-refractivity contribution < 1.29 is 4.79 Å². The van der Waals surface area contributed by atoms with Crippen LogP contribution in [0.5, 0.6) is 0 Å². The molecule has 0 aliphatic carbocycles. The molecule has 29 heavy (non-hydrogen) atoms. The summed E-state index contributed by atoms with van der Waals surface area (Å²) >= 11 is 0. The minimum Gasteiger partial charge on any atom is -0.356 e. The second-order valence-corrected chi connectivity index (χ2v) is 7.46. The molecule has 0 spiro atoms. The highest BCUT2D eigenvalue weighted by atomic mass is 127. The minimum atomic E-state index is 0. The highest BCUT2D eigenvalue weighted by Crippen LogP contribution is 2.23. The van der Waals surface area contributed by atoms with Crippen LogP contribution in [0.1, 0.15) is 41.3 Å². The minimum absolute atomic E-state index is 0. The van der Waals surface area contributed by atoms with Gasteiger partial charge in [-0.2, -0.15) is 0 Å². The summed E-state index contributed by atoms with van der Waals surface area (Å²) in [6.07, 6.45) is 0. The van der Waals surface area contributed by atoms with E-state index in [1.807, 2.05) is 30.3 Å². The fourth-order valence-corrected chi connectivity index (χ4v) is 3.08. The van der Waals surface area contributed by atoms with E-state index in [9.17, 15) is 4.79 Å². The molecule has 2 aromatic carbocycles. The maximum Gasteiger partial charge on any atom is 0.253 e. The fraction of sp³-hybridized carbons (Fsp3) is 0.391. The van der Waals surface area contributed by atoms with Crippen molar-refractivity contribution >= 4 is 35.8 Å². The standard InChI is InChI=1S/C23H32N4O.HI/c1-17(2)21(19-9-7-6-8-10-19)16-26-23(24-3)25-15-18-11-13-20(14-12-18)22(28)27(4)5;/h6-14,17,21H,15-16H2,1-5H3,(H2,24,25,26);1H. The Labute approximate surface area is 192 Å². The molecule has 5 nitrogen and oxygen atoms in total. The molecule has 0 saturated heterocycles. The van der Waals surface area contributed by atoms with Gasteiger partial charge in [-0.25, -0.2) is 0 Å². The summed E-state index contributed by atoms with van der Waals surface area (Å²) in [4.78, 5) is 17.9. The monoisotopic (exact) mass is 508 g/mol. The molecule has 0 aliphatic rings. The normalized spacial score (nSPS) is 12.1. The van der Waals surface area contributed by atoms with Crippen LogP contribution in [0, 0.1) is 5.92 Å². The van der Waals surface area contributed by atoms with E-state index in [0.29, 0.717) is 23.9 Å². The summed E-state index contributed by atoms with van der Waals surface area (Å²) in [6.45, 7) is 5.95. The van der Waals surface area contributed by atoms with Gasteiger partial charge in [0.2, 0.25) is 0 Å². The van der Waals surface area contributed by atoms with Crippen molar-refractivity contribution in [1.29, 1.82) is 0 Å². The third-order valence-corrected chi connectivity index (χ3v) is 4.81. The van der Waals surface area contributed by atoms with E-state index in [1.54, 1.807) is 26.0 Å². The molecule has 1 atom stereocenters. The lowest BCUT2D eigenvalue weighted by Gasteiger charge is -2.23. The van der Waals surface area contributed by atoms with Gasteiger partial charge in [-0.1, -0.05) is 56.3 Å². The topological polar surface area (TPSA) is 56.7 Å². The zero-order chi connectivity index (χ0) is 20.5. The number of carbonyl (C=O) groups excluding carboxylic acids is 1. The van der Waals surface area contributed by atoms with E-state index in [2.05, 4.69) is 53.7 Å². The summed E-state index contributed by atoms with van der Waals surface area (Å²) in [5.74, 6) is 1.72. The largest absolute Gasteiger partial charge is 0.356 e. The first-order valence-electron chi connectivity index (χ1n) is 9.72. The van der Waals surface area contributed by atoms with Crippen molar-refractivity contribution in [1.82, 2.24) is 15.5 Å². The molecule has 0 bridgehead atoms. The Morgan fingerprint density at radius 2 is 1.62 bits per heavy atom. The maximum absolute atomic E-state index is 12.0. The molecule has 0 radical (unpaired) electrons. The molecule has 2 rings (SSSR count). The molecule has 0 fully saturated rings. The number of hydrogen-bond acceptors (Lipinski definition) is 2. The number of amides is 1. The molecule has 2 N–H and O–H groups in total. The lowest BCUT2D eigenvalue weighted by Crippen LogP contribution is -2.39. The lowest BCUT2D eigenvalue weighted by molar-refractivity contribution is 0.0827. The predicted molar refractivity (Wildman–Crippen MR) is 132 cm³/mol. The number of guanidine groups is 1. The van der Waals surface area contributed by atoms with Crippen LogP contribution in [0.15, 0.2) is 59.6 Å². The number of halogens is 1. The number of benzene rings is 2. The van der Waals surface area contributed by atoms with Crippen molar-refractivity contribution in [2.45, 2.75) is 26.3 Å². The summed E-state index contributed by atoms with van der Waals surface area (Å²) in [6, 6.07) is 18.2. The van der Waals surface area contributed by atoms with Crippen LogP contribution in [0.25, 0.3) is 0 Å². The first-order valence-corrected chi connectivity index (χ1v) is 9.72. The molecule has 0 heterocycles. The molecule has 2 aromatic rings. The van der Waals surface area contributed by atoms with Gasteiger partial charge >= 0.3 is 0 Å². The molecule has 1 amide bonds. The van der Waals surface area contributed by atoms with Gasteiger partial charge in [0.15, 0.2) is 5.96 Å². The van der Waals surface area contributed by atoms with E-state index >= 15 is 0 Å². The molecular weight excluding hydrogens is 475 g/mol. The fourth-order valence-electron chi connectivity index (χ4n) is 3.08. The molecule has 0 aromatic heterocycles. The quantitative estimate of drug-likeness (QED) is 0.336. The van der Waals surface area contributed by atoms with Gasteiger partial charge in [0.1, 0.15) is 0 Å². The number of carbonyl (C=O) groups is 1. The summed E-state index contributed by atoms with van der Waals surface area (Å²) in [5, 5.41) is 6.79. The summed E-state index contributed by atoms with van der Waals surface area (Å²) in [5.41, 5.74) is 3.13.